The second-order valence-corrected chi connectivity index (χ2v) is 6.15. The molecule has 27 heavy (non-hydrogen) atoms. The fourth-order valence-electron chi connectivity index (χ4n) is 3.17. The van der Waals surface area contributed by atoms with Crippen molar-refractivity contribution in [3.8, 4) is 17.3 Å². The first-order chi connectivity index (χ1) is 13.1. The van der Waals surface area contributed by atoms with E-state index in [-0.39, 0.29) is 12.2 Å². The fraction of sp³-hybridized carbons (Fsp3) is 0.263. The number of para-hydroxylation sites is 2. The van der Waals surface area contributed by atoms with Crippen molar-refractivity contribution in [1.82, 2.24) is 24.3 Å². The summed E-state index contributed by atoms with van der Waals surface area (Å²) in [5.41, 5.74) is 3.17. The maximum absolute atomic E-state index is 12.7. The first kappa shape index (κ1) is 17.0. The molecule has 0 spiro atoms. The summed E-state index contributed by atoms with van der Waals surface area (Å²) >= 11 is 0. The molecule has 0 aliphatic rings. The first-order valence-electron chi connectivity index (χ1n) is 8.64. The molecule has 0 aliphatic carbocycles. The van der Waals surface area contributed by atoms with Gasteiger partial charge in [0.05, 0.1) is 18.1 Å². The number of hydrogen-bond donors (Lipinski definition) is 0. The van der Waals surface area contributed by atoms with E-state index < -0.39 is 0 Å². The van der Waals surface area contributed by atoms with Crippen molar-refractivity contribution >= 4 is 11.0 Å². The van der Waals surface area contributed by atoms with Gasteiger partial charge in [0, 0.05) is 23.9 Å². The summed E-state index contributed by atoms with van der Waals surface area (Å²) in [6.07, 6.45) is 0. The molecule has 4 aromatic rings. The number of ether oxygens (including phenoxy) is 1. The van der Waals surface area contributed by atoms with Crippen LogP contribution in [-0.2, 0) is 13.1 Å². The third-order valence-electron chi connectivity index (χ3n) is 4.40. The second-order valence-electron chi connectivity index (χ2n) is 6.15. The van der Waals surface area contributed by atoms with Crippen LogP contribution in [-0.4, -0.2) is 31.4 Å². The summed E-state index contributed by atoms with van der Waals surface area (Å²) < 4.78 is 14.0. The van der Waals surface area contributed by atoms with Crippen LogP contribution in [0.4, 0.5) is 0 Å². The summed E-state index contributed by atoms with van der Waals surface area (Å²) in [5, 5.41) is 4.04. The minimum atomic E-state index is -0.0973. The maximum Gasteiger partial charge on any atom is 0.329 e. The Labute approximate surface area is 155 Å². The topological polar surface area (TPSA) is 88.0 Å². The van der Waals surface area contributed by atoms with Crippen molar-refractivity contribution in [2.75, 3.05) is 7.11 Å². The molecule has 1 aromatic carbocycles. The molecule has 0 aliphatic heterocycles. The summed E-state index contributed by atoms with van der Waals surface area (Å²) in [6.45, 7) is 4.62. The molecule has 0 fully saturated rings. The average Bonchev–Trinajstić information content (AvgIpc) is 3.25. The highest BCUT2D eigenvalue weighted by Crippen LogP contribution is 2.22. The second kappa shape index (κ2) is 6.71. The number of methoxy groups -OCH3 is 1. The van der Waals surface area contributed by atoms with Gasteiger partial charge in [-0.2, -0.15) is 4.98 Å². The van der Waals surface area contributed by atoms with Gasteiger partial charge >= 0.3 is 5.69 Å². The van der Waals surface area contributed by atoms with Gasteiger partial charge < -0.3 is 9.26 Å². The van der Waals surface area contributed by atoms with Crippen LogP contribution in [0, 0.1) is 6.92 Å². The van der Waals surface area contributed by atoms with Gasteiger partial charge in [0.15, 0.2) is 0 Å². The maximum atomic E-state index is 12.7. The van der Waals surface area contributed by atoms with Crippen LogP contribution in [0.15, 0.2) is 45.7 Å². The van der Waals surface area contributed by atoms with Crippen molar-refractivity contribution < 1.29 is 9.26 Å². The predicted octanol–water partition coefficient (Wildman–Crippen LogP) is 2.63. The van der Waals surface area contributed by atoms with E-state index in [9.17, 15) is 4.79 Å². The van der Waals surface area contributed by atoms with Crippen LogP contribution in [0.1, 0.15) is 18.5 Å². The van der Waals surface area contributed by atoms with Crippen molar-refractivity contribution in [2.45, 2.75) is 26.9 Å². The van der Waals surface area contributed by atoms with Crippen LogP contribution in [0.25, 0.3) is 22.4 Å². The van der Waals surface area contributed by atoms with E-state index >= 15 is 0 Å². The molecule has 4 rings (SSSR count). The number of rotatable bonds is 5. The standard InChI is InChI=1S/C19H19N5O3/c1-4-23-14-7-5-6-8-15(14)24(19(23)25)11-17-21-18(22-27-17)13-9-12(2)20-16(10-13)26-3/h5-10H,4,11H2,1-3H3. The Morgan fingerprint density at radius 3 is 2.56 bits per heavy atom. The van der Waals surface area contributed by atoms with Gasteiger partial charge in [0.2, 0.25) is 17.6 Å². The van der Waals surface area contributed by atoms with Gasteiger partial charge in [-0.05, 0) is 32.0 Å². The SMILES string of the molecule is CCn1c(=O)n(Cc2nc(-c3cc(C)nc(OC)c3)no2)c2ccccc21. The minimum Gasteiger partial charge on any atom is -0.481 e. The number of pyridine rings is 1. The molecule has 0 radical (unpaired) electrons. The van der Waals surface area contributed by atoms with E-state index in [0.29, 0.717) is 24.1 Å². The van der Waals surface area contributed by atoms with E-state index in [1.165, 1.54) is 0 Å². The lowest BCUT2D eigenvalue weighted by molar-refractivity contribution is 0.370. The van der Waals surface area contributed by atoms with Gasteiger partial charge in [0.1, 0.15) is 6.54 Å². The molecule has 0 N–H and O–H groups in total. The Morgan fingerprint density at radius 2 is 1.85 bits per heavy atom. The number of fused-ring (bicyclic) bond motifs is 1. The van der Waals surface area contributed by atoms with E-state index in [0.717, 1.165) is 22.3 Å². The Bertz CT molecular complexity index is 1170. The Balaban J connectivity index is 1.72. The summed E-state index contributed by atoms with van der Waals surface area (Å²) in [6, 6.07) is 11.3. The minimum absolute atomic E-state index is 0.0973. The molecule has 0 bridgehead atoms. The molecular weight excluding hydrogens is 346 g/mol. The normalized spacial score (nSPS) is 11.2. The molecule has 3 aromatic heterocycles. The molecular formula is C19H19N5O3. The molecule has 0 atom stereocenters. The van der Waals surface area contributed by atoms with E-state index in [4.69, 9.17) is 9.26 Å². The quantitative estimate of drug-likeness (QED) is 0.540. The predicted molar refractivity (Wildman–Crippen MR) is 99.8 cm³/mol. The van der Waals surface area contributed by atoms with Crippen molar-refractivity contribution in [3.05, 3.63) is 58.5 Å². The zero-order chi connectivity index (χ0) is 19.0. The first-order valence-corrected chi connectivity index (χ1v) is 8.64. The van der Waals surface area contributed by atoms with Crippen molar-refractivity contribution in [2.24, 2.45) is 0 Å². The smallest absolute Gasteiger partial charge is 0.329 e. The highest BCUT2D eigenvalue weighted by atomic mass is 16.5. The Kier molecular flexibility index (Phi) is 4.23. The molecule has 0 saturated heterocycles. The number of nitrogens with zero attached hydrogens (tertiary/aromatic N) is 5. The Hall–Kier alpha value is -3.42. The van der Waals surface area contributed by atoms with E-state index in [2.05, 4.69) is 15.1 Å². The van der Waals surface area contributed by atoms with Gasteiger partial charge in [-0.3, -0.25) is 9.13 Å². The summed E-state index contributed by atoms with van der Waals surface area (Å²) in [7, 11) is 1.56. The number of benzene rings is 1. The monoisotopic (exact) mass is 365 g/mol. The lowest BCUT2D eigenvalue weighted by Gasteiger charge is -2.02. The zero-order valence-electron chi connectivity index (χ0n) is 15.3. The third kappa shape index (κ3) is 2.99. The van der Waals surface area contributed by atoms with Crippen LogP contribution >= 0.6 is 0 Å². The molecule has 3 heterocycles. The molecule has 138 valence electrons. The van der Waals surface area contributed by atoms with E-state index in [1.54, 1.807) is 22.3 Å². The zero-order valence-corrected chi connectivity index (χ0v) is 15.3. The highest BCUT2D eigenvalue weighted by molar-refractivity contribution is 5.76. The van der Waals surface area contributed by atoms with Crippen molar-refractivity contribution in [1.29, 1.82) is 0 Å². The van der Waals surface area contributed by atoms with Gasteiger partial charge in [-0.25, -0.2) is 9.78 Å². The molecule has 0 unspecified atom stereocenters. The van der Waals surface area contributed by atoms with Crippen LogP contribution in [0.2, 0.25) is 0 Å². The molecule has 8 nitrogen and oxygen atoms in total. The number of aromatic nitrogens is 5. The Morgan fingerprint density at radius 1 is 1.11 bits per heavy atom. The molecule has 8 heteroatoms. The lowest BCUT2D eigenvalue weighted by Crippen LogP contribution is -2.24. The van der Waals surface area contributed by atoms with Crippen LogP contribution < -0.4 is 10.4 Å². The third-order valence-corrected chi connectivity index (χ3v) is 4.40. The van der Waals surface area contributed by atoms with Crippen molar-refractivity contribution in [3.63, 3.8) is 0 Å². The largest absolute Gasteiger partial charge is 0.481 e. The summed E-state index contributed by atoms with van der Waals surface area (Å²) in [4.78, 5) is 21.4. The van der Waals surface area contributed by atoms with Gasteiger partial charge in [-0.1, -0.05) is 17.3 Å². The lowest BCUT2D eigenvalue weighted by atomic mass is 10.2. The van der Waals surface area contributed by atoms with Gasteiger partial charge in [-0.15, -0.1) is 0 Å². The average molecular weight is 365 g/mol. The number of imidazole rings is 1. The van der Waals surface area contributed by atoms with E-state index in [1.807, 2.05) is 44.2 Å². The van der Waals surface area contributed by atoms with Crippen LogP contribution in [0.3, 0.4) is 0 Å². The van der Waals surface area contributed by atoms with Crippen LogP contribution in [0.5, 0.6) is 5.88 Å². The molecule has 0 saturated carbocycles. The van der Waals surface area contributed by atoms with Gasteiger partial charge in [0.25, 0.3) is 0 Å². The fourth-order valence-corrected chi connectivity index (χ4v) is 3.17. The number of aryl methyl sites for hydroxylation is 2. The summed E-state index contributed by atoms with van der Waals surface area (Å²) in [5.74, 6) is 1.28. The number of hydrogen-bond acceptors (Lipinski definition) is 6. The molecule has 0 amide bonds. The highest BCUT2D eigenvalue weighted by Gasteiger charge is 2.16.